The van der Waals surface area contributed by atoms with Crippen molar-refractivity contribution in [3.05, 3.63) is 54.1 Å². The van der Waals surface area contributed by atoms with Gasteiger partial charge in [0.05, 0.1) is 12.0 Å². The minimum atomic E-state index is -3.74. The number of nitrogens with two attached hydrogens (primary N) is 1. The van der Waals surface area contributed by atoms with Crippen molar-refractivity contribution in [1.82, 2.24) is 4.90 Å². The highest BCUT2D eigenvalue weighted by Crippen LogP contribution is 2.21. The lowest BCUT2D eigenvalue weighted by atomic mass is 10.1. The molecule has 0 aromatic heterocycles. The average molecular weight is 389 g/mol. The van der Waals surface area contributed by atoms with Gasteiger partial charge in [-0.05, 0) is 67.4 Å². The number of benzene rings is 2. The molecule has 0 aliphatic carbocycles. The van der Waals surface area contributed by atoms with Crippen molar-refractivity contribution in [2.24, 2.45) is 11.7 Å². The summed E-state index contributed by atoms with van der Waals surface area (Å²) in [7, 11) is -2.20. The van der Waals surface area contributed by atoms with Crippen LogP contribution in [0.5, 0.6) is 5.75 Å². The molecule has 2 aromatic rings. The molecule has 2 aromatic carbocycles. The van der Waals surface area contributed by atoms with Crippen LogP contribution in [0.2, 0.25) is 0 Å². The van der Waals surface area contributed by atoms with Crippen molar-refractivity contribution < 1.29 is 17.9 Å². The van der Waals surface area contributed by atoms with Gasteiger partial charge in [-0.3, -0.25) is 9.52 Å². The SMILES string of the molecule is COc1ccc(NS(=O)(=O)c2ccc(C(=O)N3CCC(CN)C3)cc2)cc1. The van der Waals surface area contributed by atoms with Crippen molar-refractivity contribution in [2.45, 2.75) is 11.3 Å². The Morgan fingerprint density at radius 1 is 1.19 bits per heavy atom. The summed E-state index contributed by atoms with van der Waals surface area (Å²) in [5.41, 5.74) is 6.56. The first-order valence-electron chi connectivity index (χ1n) is 8.69. The third-order valence-electron chi connectivity index (χ3n) is 4.66. The second-order valence-electron chi connectivity index (χ2n) is 6.50. The fourth-order valence-electron chi connectivity index (χ4n) is 3.04. The van der Waals surface area contributed by atoms with E-state index >= 15 is 0 Å². The third-order valence-corrected chi connectivity index (χ3v) is 6.06. The zero-order chi connectivity index (χ0) is 19.4. The summed E-state index contributed by atoms with van der Waals surface area (Å²) in [5, 5.41) is 0. The van der Waals surface area contributed by atoms with Gasteiger partial charge in [-0.15, -0.1) is 0 Å². The van der Waals surface area contributed by atoms with Crippen LogP contribution < -0.4 is 15.2 Å². The molecule has 7 nitrogen and oxygen atoms in total. The van der Waals surface area contributed by atoms with Crippen LogP contribution in [0, 0.1) is 5.92 Å². The Kier molecular flexibility index (Phi) is 5.67. The van der Waals surface area contributed by atoms with Crippen molar-refractivity contribution in [1.29, 1.82) is 0 Å². The molecule has 1 unspecified atom stereocenters. The zero-order valence-electron chi connectivity index (χ0n) is 15.1. The molecule has 1 atom stereocenters. The summed E-state index contributed by atoms with van der Waals surface area (Å²) in [6, 6.07) is 12.5. The van der Waals surface area contributed by atoms with Gasteiger partial charge in [-0.25, -0.2) is 8.42 Å². The molecule has 1 heterocycles. The molecule has 0 bridgehead atoms. The quantitative estimate of drug-likeness (QED) is 0.786. The number of hydrogen-bond acceptors (Lipinski definition) is 5. The lowest BCUT2D eigenvalue weighted by Gasteiger charge is -2.16. The molecule has 1 aliphatic rings. The van der Waals surface area contributed by atoms with Crippen LogP contribution in [-0.2, 0) is 10.0 Å². The molecule has 0 radical (unpaired) electrons. The van der Waals surface area contributed by atoms with Crippen LogP contribution in [0.3, 0.4) is 0 Å². The summed E-state index contributed by atoms with van der Waals surface area (Å²) >= 11 is 0. The van der Waals surface area contributed by atoms with E-state index in [1.54, 1.807) is 48.4 Å². The number of hydrogen-bond donors (Lipinski definition) is 2. The predicted octanol–water partition coefficient (Wildman–Crippen LogP) is 1.92. The van der Waals surface area contributed by atoms with Crippen LogP contribution in [-0.4, -0.2) is 46.0 Å². The second kappa shape index (κ2) is 7.98. The molecule has 1 amide bonds. The molecule has 144 valence electrons. The van der Waals surface area contributed by atoms with Gasteiger partial charge in [0.2, 0.25) is 0 Å². The standard InChI is InChI=1S/C19H23N3O4S/c1-26-17-6-4-16(5-7-17)21-27(24,25)18-8-2-15(3-9-18)19(23)22-11-10-14(12-20)13-22/h2-9,14,21H,10-13,20H2,1H3. The Balaban J connectivity index is 1.70. The lowest BCUT2D eigenvalue weighted by molar-refractivity contribution is 0.0787. The number of ether oxygens (including phenoxy) is 1. The van der Waals surface area contributed by atoms with Crippen molar-refractivity contribution in [3.63, 3.8) is 0 Å². The van der Waals surface area contributed by atoms with Gasteiger partial charge < -0.3 is 15.4 Å². The predicted molar refractivity (Wildman–Crippen MR) is 103 cm³/mol. The van der Waals surface area contributed by atoms with Gasteiger partial charge in [0.25, 0.3) is 15.9 Å². The normalized spacial score (nSPS) is 17.0. The third kappa shape index (κ3) is 4.40. The van der Waals surface area contributed by atoms with E-state index in [1.165, 1.54) is 12.1 Å². The largest absolute Gasteiger partial charge is 0.497 e. The fourth-order valence-corrected chi connectivity index (χ4v) is 4.10. The fraction of sp³-hybridized carbons (Fsp3) is 0.316. The minimum absolute atomic E-state index is 0.0936. The summed E-state index contributed by atoms with van der Waals surface area (Å²) in [4.78, 5) is 14.4. The van der Waals surface area contributed by atoms with E-state index in [0.29, 0.717) is 42.6 Å². The van der Waals surface area contributed by atoms with E-state index in [0.717, 1.165) is 6.42 Å². The van der Waals surface area contributed by atoms with Crippen LogP contribution in [0.4, 0.5) is 5.69 Å². The smallest absolute Gasteiger partial charge is 0.261 e. The van der Waals surface area contributed by atoms with Crippen LogP contribution >= 0.6 is 0 Å². The van der Waals surface area contributed by atoms with Gasteiger partial charge in [0.15, 0.2) is 0 Å². The molecule has 1 aliphatic heterocycles. The molecule has 8 heteroatoms. The maximum atomic E-state index is 12.5. The summed E-state index contributed by atoms with van der Waals surface area (Å²) in [5.74, 6) is 0.875. The zero-order valence-corrected chi connectivity index (χ0v) is 15.9. The first-order valence-corrected chi connectivity index (χ1v) is 10.2. The lowest BCUT2D eigenvalue weighted by Crippen LogP contribution is -2.29. The molecule has 1 saturated heterocycles. The maximum Gasteiger partial charge on any atom is 0.261 e. The van der Waals surface area contributed by atoms with Crippen LogP contribution in [0.1, 0.15) is 16.8 Å². The highest BCUT2D eigenvalue weighted by Gasteiger charge is 2.26. The number of sulfonamides is 1. The van der Waals surface area contributed by atoms with Crippen molar-refractivity contribution >= 4 is 21.6 Å². The van der Waals surface area contributed by atoms with Crippen molar-refractivity contribution in [3.8, 4) is 5.75 Å². The topological polar surface area (TPSA) is 102 Å². The van der Waals surface area contributed by atoms with E-state index in [2.05, 4.69) is 4.72 Å². The number of methoxy groups -OCH3 is 1. The highest BCUT2D eigenvalue weighted by atomic mass is 32.2. The molecular formula is C19H23N3O4S. The summed E-state index contributed by atoms with van der Waals surface area (Å²) in [6.07, 6.45) is 0.903. The van der Waals surface area contributed by atoms with Gasteiger partial charge in [0, 0.05) is 24.3 Å². The maximum absolute atomic E-state index is 12.5. The number of amides is 1. The Morgan fingerprint density at radius 2 is 1.85 bits per heavy atom. The van der Waals surface area contributed by atoms with Crippen LogP contribution in [0.25, 0.3) is 0 Å². The molecular weight excluding hydrogens is 366 g/mol. The molecule has 27 heavy (non-hydrogen) atoms. The number of carbonyl (C=O) groups excluding carboxylic acids is 1. The van der Waals surface area contributed by atoms with E-state index in [-0.39, 0.29) is 10.8 Å². The Bertz CT molecular complexity index is 896. The average Bonchev–Trinajstić information content (AvgIpc) is 3.17. The molecule has 1 fully saturated rings. The molecule has 0 saturated carbocycles. The minimum Gasteiger partial charge on any atom is -0.497 e. The van der Waals surface area contributed by atoms with E-state index < -0.39 is 10.0 Å². The number of anilines is 1. The van der Waals surface area contributed by atoms with Gasteiger partial charge in [-0.2, -0.15) is 0 Å². The summed E-state index contributed by atoms with van der Waals surface area (Å²) < 4.78 is 32.6. The van der Waals surface area contributed by atoms with E-state index in [4.69, 9.17) is 10.5 Å². The Morgan fingerprint density at radius 3 is 2.41 bits per heavy atom. The van der Waals surface area contributed by atoms with E-state index in [9.17, 15) is 13.2 Å². The van der Waals surface area contributed by atoms with Gasteiger partial charge in [0.1, 0.15) is 5.75 Å². The number of carbonyl (C=O) groups is 1. The summed E-state index contributed by atoms with van der Waals surface area (Å²) in [6.45, 7) is 1.90. The second-order valence-corrected chi connectivity index (χ2v) is 8.18. The Labute approximate surface area is 159 Å². The molecule has 3 N–H and O–H groups in total. The highest BCUT2D eigenvalue weighted by molar-refractivity contribution is 7.92. The van der Waals surface area contributed by atoms with Gasteiger partial charge >= 0.3 is 0 Å². The van der Waals surface area contributed by atoms with Crippen LogP contribution in [0.15, 0.2) is 53.4 Å². The number of rotatable bonds is 6. The number of nitrogens with one attached hydrogen (secondary N) is 1. The van der Waals surface area contributed by atoms with E-state index in [1.807, 2.05) is 0 Å². The number of nitrogens with zero attached hydrogens (tertiary/aromatic N) is 1. The first kappa shape index (κ1) is 19.2. The number of likely N-dealkylation sites (tertiary alicyclic amines) is 1. The first-order chi connectivity index (χ1) is 12.9. The molecule has 3 rings (SSSR count). The Hall–Kier alpha value is -2.58. The van der Waals surface area contributed by atoms with Gasteiger partial charge in [-0.1, -0.05) is 0 Å². The molecule has 0 spiro atoms. The van der Waals surface area contributed by atoms with Crippen molar-refractivity contribution in [2.75, 3.05) is 31.5 Å². The monoisotopic (exact) mass is 389 g/mol.